The van der Waals surface area contributed by atoms with Gasteiger partial charge in [0.2, 0.25) is 0 Å². The quantitative estimate of drug-likeness (QED) is 0.871. The van der Waals surface area contributed by atoms with E-state index in [4.69, 9.17) is 10.00 Å². The number of hydrogen-bond donors (Lipinski definition) is 0. The molecule has 0 unspecified atom stereocenters. The summed E-state index contributed by atoms with van der Waals surface area (Å²) in [6, 6.07) is 13.2. The Morgan fingerprint density at radius 3 is 2.94 bits per heavy atom. The summed E-state index contributed by atoms with van der Waals surface area (Å²) in [5.41, 5.74) is 1.33. The van der Waals surface area contributed by atoms with Gasteiger partial charge in [-0.3, -0.25) is 0 Å². The highest BCUT2D eigenvalue weighted by Crippen LogP contribution is 2.18. The van der Waals surface area contributed by atoms with Crippen molar-refractivity contribution in [1.29, 1.82) is 5.26 Å². The summed E-state index contributed by atoms with van der Waals surface area (Å²) in [6.07, 6.45) is 1.61. The summed E-state index contributed by atoms with van der Waals surface area (Å²) in [4.78, 5) is 3.90. The van der Waals surface area contributed by atoms with E-state index in [1.807, 2.05) is 36.4 Å². The third-order valence-corrected chi connectivity index (χ3v) is 2.63. The van der Waals surface area contributed by atoms with Gasteiger partial charge in [-0.2, -0.15) is 5.26 Å². The van der Waals surface area contributed by atoms with Crippen molar-refractivity contribution in [2.45, 2.75) is 6.61 Å². The number of hydrogen-bond acceptors (Lipinski definition) is 3. The first-order chi connectivity index (χ1) is 8.28. The van der Waals surface area contributed by atoms with E-state index >= 15 is 0 Å². The molecule has 0 fully saturated rings. The van der Waals surface area contributed by atoms with Crippen LogP contribution in [0.1, 0.15) is 11.3 Å². The number of nitrogens with zero attached hydrogens (tertiary/aromatic N) is 2. The normalized spacial score (nSPS) is 9.65. The Bertz CT molecular complexity index is 563. The summed E-state index contributed by atoms with van der Waals surface area (Å²) >= 11 is 3.38. The molecule has 0 saturated carbocycles. The molecule has 0 radical (unpaired) electrons. The molecule has 0 aliphatic heterocycles. The van der Waals surface area contributed by atoms with Gasteiger partial charge in [-0.15, -0.1) is 0 Å². The molecule has 1 aromatic carbocycles. The van der Waals surface area contributed by atoms with Gasteiger partial charge in [0, 0.05) is 10.7 Å². The second-order valence-corrected chi connectivity index (χ2v) is 4.32. The van der Waals surface area contributed by atoms with Gasteiger partial charge in [0.05, 0.1) is 0 Å². The van der Waals surface area contributed by atoms with Gasteiger partial charge in [0.15, 0.2) is 0 Å². The second-order valence-electron chi connectivity index (χ2n) is 3.41. The molecule has 0 saturated heterocycles. The van der Waals surface area contributed by atoms with Crippen molar-refractivity contribution in [1.82, 2.24) is 4.98 Å². The zero-order chi connectivity index (χ0) is 12.1. The first kappa shape index (κ1) is 11.6. The molecule has 3 nitrogen and oxygen atoms in total. The molecule has 2 rings (SSSR count). The smallest absolute Gasteiger partial charge is 0.140 e. The molecule has 17 heavy (non-hydrogen) atoms. The SMILES string of the molecule is N#Cc1cc(COc2cccc(Br)c2)ccn1. The molecule has 4 heteroatoms. The van der Waals surface area contributed by atoms with Crippen LogP contribution < -0.4 is 4.74 Å². The molecule has 0 amide bonds. The number of nitriles is 1. The van der Waals surface area contributed by atoms with E-state index in [1.54, 1.807) is 12.3 Å². The highest BCUT2D eigenvalue weighted by Gasteiger charge is 1.98. The van der Waals surface area contributed by atoms with Gasteiger partial charge >= 0.3 is 0 Å². The largest absolute Gasteiger partial charge is 0.489 e. The maximum absolute atomic E-state index is 8.72. The van der Waals surface area contributed by atoms with E-state index in [9.17, 15) is 0 Å². The minimum absolute atomic E-state index is 0.403. The van der Waals surface area contributed by atoms with E-state index < -0.39 is 0 Å². The average Bonchev–Trinajstić information content (AvgIpc) is 2.37. The topological polar surface area (TPSA) is 45.9 Å². The maximum Gasteiger partial charge on any atom is 0.140 e. The van der Waals surface area contributed by atoms with Crippen LogP contribution in [0.25, 0.3) is 0 Å². The van der Waals surface area contributed by atoms with E-state index in [-0.39, 0.29) is 0 Å². The van der Waals surface area contributed by atoms with E-state index in [0.717, 1.165) is 15.8 Å². The van der Waals surface area contributed by atoms with Crippen LogP contribution in [0.3, 0.4) is 0 Å². The Morgan fingerprint density at radius 2 is 2.18 bits per heavy atom. The highest BCUT2D eigenvalue weighted by atomic mass is 79.9. The lowest BCUT2D eigenvalue weighted by Gasteiger charge is -2.06. The number of aromatic nitrogens is 1. The van der Waals surface area contributed by atoms with Crippen molar-refractivity contribution in [2.24, 2.45) is 0 Å². The number of ether oxygens (including phenoxy) is 1. The standard InChI is InChI=1S/C13H9BrN2O/c14-11-2-1-3-13(7-11)17-9-10-4-5-16-12(6-10)8-15/h1-7H,9H2. The Hall–Kier alpha value is -1.86. The molecular weight excluding hydrogens is 280 g/mol. The summed E-state index contributed by atoms with van der Waals surface area (Å²) < 4.78 is 6.58. The van der Waals surface area contributed by atoms with Crippen molar-refractivity contribution in [3.8, 4) is 11.8 Å². The highest BCUT2D eigenvalue weighted by molar-refractivity contribution is 9.10. The van der Waals surface area contributed by atoms with Gasteiger partial charge in [0.1, 0.15) is 24.1 Å². The van der Waals surface area contributed by atoms with Crippen molar-refractivity contribution in [2.75, 3.05) is 0 Å². The summed E-state index contributed by atoms with van der Waals surface area (Å²) in [5.74, 6) is 0.787. The van der Waals surface area contributed by atoms with Crippen LogP contribution in [-0.4, -0.2) is 4.98 Å². The lowest BCUT2D eigenvalue weighted by Crippen LogP contribution is -1.96. The molecule has 84 valence electrons. The fourth-order valence-corrected chi connectivity index (χ4v) is 1.73. The number of pyridine rings is 1. The number of halogens is 1. The minimum Gasteiger partial charge on any atom is -0.489 e. The second kappa shape index (κ2) is 5.46. The number of benzene rings is 1. The zero-order valence-corrected chi connectivity index (χ0v) is 10.5. The first-order valence-electron chi connectivity index (χ1n) is 5.01. The van der Waals surface area contributed by atoms with Gasteiger partial charge in [-0.25, -0.2) is 4.98 Å². The van der Waals surface area contributed by atoms with Crippen LogP contribution in [0.15, 0.2) is 47.1 Å². The minimum atomic E-state index is 0.403. The van der Waals surface area contributed by atoms with E-state index in [1.165, 1.54) is 0 Å². The Kier molecular flexibility index (Phi) is 3.73. The van der Waals surface area contributed by atoms with E-state index in [0.29, 0.717) is 12.3 Å². The van der Waals surface area contributed by atoms with Crippen molar-refractivity contribution >= 4 is 15.9 Å². The molecule has 2 aromatic rings. The molecule has 1 aromatic heterocycles. The third-order valence-electron chi connectivity index (χ3n) is 2.14. The lowest BCUT2D eigenvalue weighted by molar-refractivity contribution is 0.306. The van der Waals surface area contributed by atoms with Crippen LogP contribution in [0.2, 0.25) is 0 Å². The van der Waals surface area contributed by atoms with Gasteiger partial charge in [-0.05, 0) is 35.9 Å². The fraction of sp³-hybridized carbons (Fsp3) is 0.0769. The van der Waals surface area contributed by atoms with Gasteiger partial charge in [-0.1, -0.05) is 22.0 Å². The van der Waals surface area contributed by atoms with Gasteiger partial charge < -0.3 is 4.74 Å². The van der Waals surface area contributed by atoms with Crippen molar-refractivity contribution in [3.05, 3.63) is 58.3 Å². The number of rotatable bonds is 3. The van der Waals surface area contributed by atoms with Crippen molar-refractivity contribution < 1.29 is 4.74 Å². The Balaban J connectivity index is 2.05. The predicted octanol–water partition coefficient (Wildman–Crippen LogP) is 3.29. The maximum atomic E-state index is 8.72. The summed E-state index contributed by atoms with van der Waals surface area (Å²) in [5, 5.41) is 8.72. The molecule has 0 spiro atoms. The van der Waals surface area contributed by atoms with Crippen LogP contribution in [-0.2, 0) is 6.61 Å². The van der Waals surface area contributed by atoms with Crippen molar-refractivity contribution in [3.63, 3.8) is 0 Å². The Morgan fingerprint density at radius 1 is 1.29 bits per heavy atom. The average molecular weight is 289 g/mol. The lowest BCUT2D eigenvalue weighted by atomic mass is 10.2. The van der Waals surface area contributed by atoms with Crippen LogP contribution in [0.4, 0.5) is 0 Å². The third kappa shape index (κ3) is 3.30. The van der Waals surface area contributed by atoms with Gasteiger partial charge in [0.25, 0.3) is 0 Å². The first-order valence-corrected chi connectivity index (χ1v) is 5.80. The summed E-state index contributed by atoms with van der Waals surface area (Å²) in [7, 11) is 0. The fourth-order valence-electron chi connectivity index (χ4n) is 1.35. The molecule has 0 bridgehead atoms. The molecular formula is C13H9BrN2O. The Labute approximate surface area is 108 Å². The van der Waals surface area contributed by atoms with Crippen LogP contribution in [0, 0.1) is 11.3 Å². The predicted molar refractivity (Wildman–Crippen MR) is 67.4 cm³/mol. The monoisotopic (exact) mass is 288 g/mol. The van der Waals surface area contributed by atoms with E-state index in [2.05, 4.69) is 20.9 Å². The molecule has 0 atom stereocenters. The zero-order valence-electron chi connectivity index (χ0n) is 8.93. The molecule has 1 heterocycles. The molecule has 0 aliphatic rings. The summed E-state index contributed by atoms with van der Waals surface area (Å²) in [6.45, 7) is 0.424. The van der Waals surface area contributed by atoms with Crippen LogP contribution >= 0.6 is 15.9 Å². The molecule has 0 N–H and O–H groups in total. The van der Waals surface area contributed by atoms with Crippen LogP contribution in [0.5, 0.6) is 5.75 Å². The molecule has 0 aliphatic carbocycles.